The van der Waals surface area contributed by atoms with Crippen LogP contribution in [0.15, 0.2) is 12.2 Å². The molecule has 1 aliphatic rings. The average Bonchev–Trinajstić information content (AvgIpc) is 2.14. The van der Waals surface area contributed by atoms with E-state index in [4.69, 9.17) is 0 Å². The van der Waals surface area contributed by atoms with E-state index in [0.717, 1.165) is 23.7 Å². The van der Waals surface area contributed by atoms with Crippen LogP contribution < -0.4 is 0 Å². The molecule has 0 radical (unpaired) electrons. The Hall–Kier alpha value is -0.260. The summed E-state index contributed by atoms with van der Waals surface area (Å²) >= 11 is 0. The molecule has 0 aliphatic heterocycles. The summed E-state index contributed by atoms with van der Waals surface area (Å²) < 4.78 is 0. The molecule has 0 heteroatoms. The van der Waals surface area contributed by atoms with E-state index >= 15 is 0 Å². The van der Waals surface area contributed by atoms with Crippen LogP contribution in [0, 0.1) is 23.7 Å². The minimum atomic E-state index is 0.856. The zero-order valence-corrected chi connectivity index (χ0v) is 10.3. The van der Waals surface area contributed by atoms with Gasteiger partial charge in [-0.05, 0) is 42.9 Å². The average molecular weight is 194 g/mol. The third-order valence-electron chi connectivity index (χ3n) is 3.69. The Bertz CT molecular complexity index is 178. The van der Waals surface area contributed by atoms with Gasteiger partial charge in [0.05, 0.1) is 0 Å². The smallest absolute Gasteiger partial charge is 0.0200 e. The van der Waals surface area contributed by atoms with Crippen LogP contribution in [0.1, 0.15) is 53.4 Å². The van der Waals surface area contributed by atoms with Gasteiger partial charge in [-0.3, -0.25) is 0 Å². The van der Waals surface area contributed by atoms with Crippen LogP contribution in [0.4, 0.5) is 0 Å². The zero-order valence-electron chi connectivity index (χ0n) is 10.3. The van der Waals surface area contributed by atoms with Gasteiger partial charge in [-0.15, -0.1) is 0 Å². The first-order valence-corrected chi connectivity index (χ1v) is 6.31. The standard InChI is InChI=1S/C14H26/c1-5-6-7-13-10-12(4)8-9-14(13)11(2)3/h6-7,11-14H,5,8-10H2,1-4H3/b7-6+. The molecular formula is C14H26. The van der Waals surface area contributed by atoms with Gasteiger partial charge >= 0.3 is 0 Å². The summed E-state index contributed by atoms with van der Waals surface area (Å²) in [6.07, 6.45) is 10.3. The van der Waals surface area contributed by atoms with Gasteiger partial charge in [-0.1, -0.05) is 46.3 Å². The lowest BCUT2D eigenvalue weighted by Crippen LogP contribution is -2.26. The monoisotopic (exact) mass is 194 g/mol. The fourth-order valence-electron chi connectivity index (χ4n) is 2.81. The fourth-order valence-corrected chi connectivity index (χ4v) is 2.81. The maximum Gasteiger partial charge on any atom is -0.0200 e. The van der Waals surface area contributed by atoms with Crippen LogP contribution in [0.5, 0.6) is 0 Å². The first kappa shape index (κ1) is 11.8. The van der Waals surface area contributed by atoms with Gasteiger partial charge in [-0.2, -0.15) is 0 Å². The largest absolute Gasteiger partial charge is 0.0885 e. The zero-order chi connectivity index (χ0) is 10.6. The van der Waals surface area contributed by atoms with Crippen LogP contribution >= 0.6 is 0 Å². The van der Waals surface area contributed by atoms with Crippen molar-refractivity contribution < 1.29 is 0 Å². The maximum absolute atomic E-state index is 2.49. The molecule has 3 unspecified atom stereocenters. The van der Waals surface area contributed by atoms with Crippen LogP contribution in [-0.4, -0.2) is 0 Å². The second-order valence-electron chi connectivity index (χ2n) is 5.33. The minimum Gasteiger partial charge on any atom is -0.0885 e. The van der Waals surface area contributed by atoms with E-state index in [-0.39, 0.29) is 0 Å². The van der Waals surface area contributed by atoms with Crippen molar-refractivity contribution in [2.75, 3.05) is 0 Å². The summed E-state index contributed by atoms with van der Waals surface area (Å²) in [5.74, 6) is 3.60. The quantitative estimate of drug-likeness (QED) is 0.573. The van der Waals surface area contributed by atoms with Crippen molar-refractivity contribution in [1.82, 2.24) is 0 Å². The lowest BCUT2D eigenvalue weighted by molar-refractivity contribution is 0.178. The van der Waals surface area contributed by atoms with Crippen molar-refractivity contribution in [3.05, 3.63) is 12.2 Å². The van der Waals surface area contributed by atoms with Gasteiger partial charge in [0.15, 0.2) is 0 Å². The molecule has 0 bridgehead atoms. The Balaban J connectivity index is 2.58. The summed E-state index contributed by atoms with van der Waals surface area (Å²) in [5.41, 5.74) is 0. The van der Waals surface area contributed by atoms with Crippen molar-refractivity contribution in [3.8, 4) is 0 Å². The molecule has 14 heavy (non-hydrogen) atoms. The first-order valence-electron chi connectivity index (χ1n) is 6.31. The summed E-state index contributed by atoms with van der Waals surface area (Å²) in [6.45, 7) is 9.40. The molecule has 0 aromatic rings. The highest BCUT2D eigenvalue weighted by Crippen LogP contribution is 2.38. The van der Waals surface area contributed by atoms with Gasteiger partial charge in [-0.25, -0.2) is 0 Å². The second kappa shape index (κ2) is 5.58. The van der Waals surface area contributed by atoms with Crippen molar-refractivity contribution in [2.45, 2.75) is 53.4 Å². The van der Waals surface area contributed by atoms with Crippen molar-refractivity contribution >= 4 is 0 Å². The molecule has 0 aromatic heterocycles. The molecule has 0 nitrogen and oxygen atoms in total. The van der Waals surface area contributed by atoms with E-state index in [0.29, 0.717) is 0 Å². The van der Waals surface area contributed by atoms with Crippen molar-refractivity contribution in [2.24, 2.45) is 23.7 Å². The topological polar surface area (TPSA) is 0 Å². The van der Waals surface area contributed by atoms with Gasteiger partial charge in [0.2, 0.25) is 0 Å². The van der Waals surface area contributed by atoms with Gasteiger partial charge in [0.25, 0.3) is 0 Å². The third-order valence-corrected chi connectivity index (χ3v) is 3.69. The Labute approximate surface area is 89.8 Å². The molecule has 3 atom stereocenters. The van der Waals surface area contributed by atoms with Gasteiger partial charge in [0.1, 0.15) is 0 Å². The number of hydrogen-bond acceptors (Lipinski definition) is 0. The maximum atomic E-state index is 2.49. The predicted octanol–water partition coefficient (Wildman–Crippen LogP) is 4.66. The summed E-state index contributed by atoms with van der Waals surface area (Å²) in [4.78, 5) is 0. The number of hydrogen-bond donors (Lipinski definition) is 0. The molecule has 0 aromatic carbocycles. The minimum absolute atomic E-state index is 0.856. The lowest BCUT2D eigenvalue weighted by atomic mass is 9.70. The Morgan fingerprint density at radius 2 is 2.00 bits per heavy atom. The van der Waals surface area contributed by atoms with E-state index in [1.54, 1.807) is 0 Å². The van der Waals surface area contributed by atoms with Crippen LogP contribution in [0.25, 0.3) is 0 Å². The molecular weight excluding hydrogens is 168 g/mol. The summed E-state index contributed by atoms with van der Waals surface area (Å²) in [7, 11) is 0. The highest BCUT2D eigenvalue weighted by Gasteiger charge is 2.28. The second-order valence-corrected chi connectivity index (χ2v) is 5.33. The SMILES string of the molecule is CC/C=C/C1CC(C)CCC1C(C)C. The normalized spacial score (nSPS) is 34.2. The van der Waals surface area contributed by atoms with E-state index in [1.165, 1.54) is 25.7 Å². The predicted molar refractivity (Wildman–Crippen MR) is 64.3 cm³/mol. The Morgan fingerprint density at radius 1 is 1.29 bits per heavy atom. The van der Waals surface area contributed by atoms with Crippen molar-refractivity contribution in [1.29, 1.82) is 0 Å². The highest BCUT2D eigenvalue weighted by molar-refractivity contribution is 4.95. The number of allylic oxidation sites excluding steroid dienone is 2. The van der Waals surface area contributed by atoms with E-state index in [2.05, 4.69) is 39.8 Å². The Kier molecular flexibility index (Phi) is 4.71. The van der Waals surface area contributed by atoms with E-state index in [9.17, 15) is 0 Å². The van der Waals surface area contributed by atoms with E-state index in [1.807, 2.05) is 0 Å². The highest BCUT2D eigenvalue weighted by atomic mass is 14.3. The molecule has 1 fully saturated rings. The number of rotatable bonds is 3. The molecule has 1 rings (SSSR count). The molecule has 82 valence electrons. The molecule has 0 spiro atoms. The molecule has 1 aliphatic carbocycles. The van der Waals surface area contributed by atoms with Gasteiger partial charge < -0.3 is 0 Å². The molecule has 0 N–H and O–H groups in total. The molecule has 1 saturated carbocycles. The van der Waals surface area contributed by atoms with Crippen molar-refractivity contribution in [3.63, 3.8) is 0 Å². The molecule has 0 heterocycles. The first-order chi connectivity index (χ1) is 6.65. The summed E-state index contributed by atoms with van der Waals surface area (Å²) in [6, 6.07) is 0. The van der Waals surface area contributed by atoms with Crippen LogP contribution in [0.2, 0.25) is 0 Å². The Morgan fingerprint density at radius 3 is 2.57 bits per heavy atom. The molecule has 0 amide bonds. The fraction of sp³-hybridized carbons (Fsp3) is 0.857. The van der Waals surface area contributed by atoms with E-state index < -0.39 is 0 Å². The summed E-state index contributed by atoms with van der Waals surface area (Å²) in [5, 5.41) is 0. The third kappa shape index (κ3) is 3.15. The molecule has 0 saturated heterocycles. The van der Waals surface area contributed by atoms with Gasteiger partial charge in [0, 0.05) is 0 Å². The van der Waals surface area contributed by atoms with Crippen LogP contribution in [0.3, 0.4) is 0 Å². The van der Waals surface area contributed by atoms with Crippen LogP contribution in [-0.2, 0) is 0 Å². The lowest BCUT2D eigenvalue weighted by Gasteiger charge is -2.35.